The highest BCUT2D eigenvalue weighted by Gasteiger charge is 2.09. The first-order valence-electron chi connectivity index (χ1n) is 6.14. The molecule has 0 aliphatic rings. The van der Waals surface area contributed by atoms with Crippen molar-refractivity contribution in [2.75, 3.05) is 0 Å². The molecule has 4 heteroatoms. The number of nitriles is 1. The van der Waals surface area contributed by atoms with Crippen LogP contribution < -0.4 is 5.32 Å². The molecule has 1 heterocycles. The van der Waals surface area contributed by atoms with Crippen molar-refractivity contribution in [3.63, 3.8) is 0 Å². The van der Waals surface area contributed by atoms with Gasteiger partial charge in [-0.1, -0.05) is 12.1 Å². The van der Waals surface area contributed by atoms with Crippen molar-refractivity contribution in [2.24, 2.45) is 0 Å². The average Bonchev–Trinajstić information content (AvgIpc) is 2.90. The maximum Gasteiger partial charge on any atom is 0.145 e. The Hall–Kier alpha value is -2.12. The highest BCUT2D eigenvalue weighted by molar-refractivity contribution is 5.34. The van der Waals surface area contributed by atoms with Crippen LogP contribution in [-0.4, -0.2) is 6.04 Å². The van der Waals surface area contributed by atoms with E-state index >= 15 is 0 Å². The van der Waals surface area contributed by atoms with E-state index in [4.69, 9.17) is 9.68 Å². The molecule has 3 nitrogen and oxygen atoms in total. The predicted molar refractivity (Wildman–Crippen MR) is 69.8 cm³/mol. The number of halogens is 1. The highest BCUT2D eigenvalue weighted by atomic mass is 19.1. The fourth-order valence-electron chi connectivity index (χ4n) is 1.89. The average molecular weight is 258 g/mol. The van der Waals surface area contributed by atoms with Gasteiger partial charge in [-0.2, -0.15) is 5.26 Å². The first-order valence-corrected chi connectivity index (χ1v) is 6.14. The third kappa shape index (κ3) is 3.43. The van der Waals surface area contributed by atoms with E-state index in [0.29, 0.717) is 12.1 Å². The monoisotopic (exact) mass is 258 g/mol. The van der Waals surface area contributed by atoms with Gasteiger partial charge in [0.2, 0.25) is 0 Å². The van der Waals surface area contributed by atoms with Gasteiger partial charge in [-0.3, -0.25) is 0 Å². The van der Waals surface area contributed by atoms with Crippen LogP contribution in [0.1, 0.15) is 23.8 Å². The number of rotatable bonds is 5. The SMILES string of the molecule is CC(Cc1ccco1)NCc1cccc(C#N)c1F. The molecule has 2 aromatic rings. The maximum absolute atomic E-state index is 13.8. The molecule has 1 atom stereocenters. The van der Waals surface area contributed by atoms with Crippen LogP contribution in [0.25, 0.3) is 0 Å². The minimum absolute atomic E-state index is 0.0815. The number of nitrogens with one attached hydrogen (secondary N) is 1. The molecule has 0 saturated carbocycles. The summed E-state index contributed by atoms with van der Waals surface area (Å²) in [7, 11) is 0. The molecule has 1 aromatic heterocycles. The summed E-state index contributed by atoms with van der Waals surface area (Å²) in [5, 5.41) is 12.0. The van der Waals surface area contributed by atoms with Crippen LogP contribution in [0.4, 0.5) is 4.39 Å². The summed E-state index contributed by atoms with van der Waals surface area (Å²) in [6.07, 6.45) is 2.38. The fourth-order valence-corrected chi connectivity index (χ4v) is 1.89. The van der Waals surface area contributed by atoms with Gasteiger partial charge in [-0.15, -0.1) is 0 Å². The maximum atomic E-state index is 13.8. The predicted octanol–water partition coefficient (Wildman–Crippen LogP) is 3.01. The van der Waals surface area contributed by atoms with E-state index in [0.717, 1.165) is 12.2 Å². The number of benzene rings is 1. The van der Waals surface area contributed by atoms with Crippen molar-refractivity contribution in [1.82, 2.24) is 5.32 Å². The number of furan rings is 1. The summed E-state index contributed by atoms with van der Waals surface area (Å²) < 4.78 is 19.1. The topological polar surface area (TPSA) is 49.0 Å². The Morgan fingerprint density at radius 3 is 2.89 bits per heavy atom. The third-order valence-corrected chi connectivity index (χ3v) is 2.93. The molecule has 0 aliphatic carbocycles. The van der Waals surface area contributed by atoms with E-state index in [1.54, 1.807) is 18.4 Å². The zero-order chi connectivity index (χ0) is 13.7. The van der Waals surface area contributed by atoms with Crippen molar-refractivity contribution in [3.8, 4) is 6.07 Å². The summed E-state index contributed by atoms with van der Waals surface area (Å²) in [4.78, 5) is 0. The third-order valence-electron chi connectivity index (χ3n) is 2.93. The Morgan fingerprint density at radius 1 is 1.37 bits per heavy atom. The standard InChI is InChI=1S/C15H15FN2O/c1-11(8-14-6-3-7-19-14)18-10-13-5-2-4-12(9-17)15(13)16/h2-7,11,18H,8,10H2,1H3. The summed E-state index contributed by atoms with van der Waals surface area (Å²) in [5.41, 5.74) is 0.586. The van der Waals surface area contributed by atoms with Crippen molar-refractivity contribution in [2.45, 2.75) is 25.9 Å². The quantitative estimate of drug-likeness (QED) is 0.896. The first-order chi connectivity index (χ1) is 9.20. The first kappa shape index (κ1) is 13.3. The second-order valence-corrected chi connectivity index (χ2v) is 4.46. The highest BCUT2D eigenvalue weighted by Crippen LogP contribution is 2.12. The van der Waals surface area contributed by atoms with E-state index in [-0.39, 0.29) is 11.6 Å². The lowest BCUT2D eigenvalue weighted by Crippen LogP contribution is -2.27. The summed E-state index contributed by atoms with van der Waals surface area (Å²) in [6.45, 7) is 2.40. The van der Waals surface area contributed by atoms with Crippen LogP contribution in [0.5, 0.6) is 0 Å². The molecule has 98 valence electrons. The van der Waals surface area contributed by atoms with Crippen molar-refractivity contribution < 1.29 is 8.81 Å². The lowest BCUT2D eigenvalue weighted by atomic mass is 10.1. The molecule has 1 aromatic carbocycles. The van der Waals surface area contributed by atoms with Crippen LogP contribution in [0, 0.1) is 17.1 Å². The minimum atomic E-state index is -0.442. The Bertz CT molecular complexity index is 572. The van der Waals surface area contributed by atoms with Crippen molar-refractivity contribution in [1.29, 1.82) is 5.26 Å². The number of hydrogen-bond acceptors (Lipinski definition) is 3. The normalized spacial score (nSPS) is 12.1. The lowest BCUT2D eigenvalue weighted by Gasteiger charge is -2.13. The zero-order valence-electron chi connectivity index (χ0n) is 10.7. The molecule has 1 unspecified atom stereocenters. The molecule has 1 N–H and O–H groups in total. The summed E-state index contributed by atoms with van der Waals surface area (Å²) in [5.74, 6) is 0.453. The van der Waals surface area contributed by atoms with Crippen LogP contribution in [0.3, 0.4) is 0 Å². The van der Waals surface area contributed by atoms with Crippen LogP contribution in [-0.2, 0) is 13.0 Å². The molecule has 19 heavy (non-hydrogen) atoms. The molecule has 0 amide bonds. The molecule has 0 saturated heterocycles. The van der Waals surface area contributed by atoms with Crippen molar-refractivity contribution in [3.05, 3.63) is 59.3 Å². The minimum Gasteiger partial charge on any atom is -0.469 e. The van der Waals surface area contributed by atoms with E-state index < -0.39 is 5.82 Å². The number of hydrogen-bond donors (Lipinski definition) is 1. The van der Waals surface area contributed by atoms with Gasteiger partial charge in [0.05, 0.1) is 11.8 Å². The zero-order valence-corrected chi connectivity index (χ0v) is 10.7. The largest absolute Gasteiger partial charge is 0.469 e. The van der Waals surface area contributed by atoms with Crippen molar-refractivity contribution >= 4 is 0 Å². The van der Waals surface area contributed by atoms with Crippen LogP contribution in [0.2, 0.25) is 0 Å². The van der Waals surface area contributed by atoms with Crippen LogP contribution in [0.15, 0.2) is 41.0 Å². The van der Waals surface area contributed by atoms with Gasteiger partial charge < -0.3 is 9.73 Å². The molecular weight excluding hydrogens is 243 g/mol. The Labute approximate surface area is 111 Å². The van der Waals surface area contributed by atoms with Gasteiger partial charge in [0.1, 0.15) is 17.6 Å². The lowest BCUT2D eigenvalue weighted by molar-refractivity contribution is 0.453. The molecule has 0 radical (unpaired) electrons. The summed E-state index contributed by atoms with van der Waals surface area (Å²) >= 11 is 0. The Balaban J connectivity index is 1.94. The van der Waals surface area contributed by atoms with E-state index in [9.17, 15) is 4.39 Å². The van der Waals surface area contributed by atoms with Gasteiger partial charge in [-0.05, 0) is 25.1 Å². The van der Waals surface area contributed by atoms with E-state index in [1.165, 1.54) is 6.07 Å². The Kier molecular flexibility index (Phi) is 4.32. The molecule has 2 rings (SSSR count). The van der Waals surface area contributed by atoms with Gasteiger partial charge >= 0.3 is 0 Å². The fraction of sp³-hybridized carbons (Fsp3) is 0.267. The smallest absolute Gasteiger partial charge is 0.145 e. The Morgan fingerprint density at radius 2 is 2.21 bits per heavy atom. The second-order valence-electron chi connectivity index (χ2n) is 4.46. The van der Waals surface area contributed by atoms with Crippen LogP contribution >= 0.6 is 0 Å². The van der Waals surface area contributed by atoms with Gasteiger partial charge in [0.15, 0.2) is 0 Å². The van der Waals surface area contributed by atoms with E-state index in [2.05, 4.69) is 5.32 Å². The molecule has 0 bridgehead atoms. The molecule has 0 fully saturated rings. The number of nitrogens with zero attached hydrogens (tertiary/aromatic N) is 1. The van der Waals surface area contributed by atoms with Gasteiger partial charge in [-0.25, -0.2) is 4.39 Å². The molecule has 0 aliphatic heterocycles. The molecular formula is C15H15FN2O. The van der Waals surface area contributed by atoms with Gasteiger partial charge in [0, 0.05) is 24.6 Å². The summed E-state index contributed by atoms with van der Waals surface area (Å²) in [6, 6.07) is 10.6. The second kappa shape index (κ2) is 6.17. The molecule has 0 spiro atoms. The van der Waals surface area contributed by atoms with Gasteiger partial charge in [0.25, 0.3) is 0 Å². The van der Waals surface area contributed by atoms with E-state index in [1.807, 2.05) is 25.1 Å².